The van der Waals surface area contributed by atoms with Gasteiger partial charge in [-0.25, -0.2) is 4.39 Å². The van der Waals surface area contributed by atoms with Gasteiger partial charge in [0.05, 0.1) is 6.10 Å². The Bertz CT molecular complexity index is 1190. The van der Waals surface area contributed by atoms with Crippen LogP contribution in [0.2, 0.25) is 0 Å². The second kappa shape index (κ2) is 11.3. The first kappa shape index (κ1) is 23.3. The zero-order valence-corrected chi connectivity index (χ0v) is 18.8. The largest absolute Gasteiger partial charge is 0.485 e. The predicted molar refractivity (Wildman–Crippen MR) is 132 cm³/mol. The normalized spacial score (nSPS) is 12.5. The molecule has 0 aromatic heterocycles. The third-order valence-electron chi connectivity index (χ3n) is 5.63. The molecule has 0 unspecified atom stereocenters. The van der Waals surface area contributed by atoms with E-state index in [4.69, 9.17) is 9.47 Å². The number of rotatable bonds is 10. The van der Waals surface area contributed by atoms with E-state index in [0.29, 0.717) is 30.3 Å². The highest BCUT2D eigenvalue weighted by Gasteiger charge is 2.22. The molecule has 3 nitrogen and oxygen atoms in total. The fraction of sp³-hybridized carbons (Fsp3) is 0.133. The molecule has 0 aliphatic carbocycles. The quantitative estimate of drug-likeness (QED) is 0.263. The van der Waals surface area contributed by atoms with Crippen molar-refractivity contribution in [1.29, 1.82) is 0 Å². The molecule has 172 valence electrons. The Hall–Kier alpha value is -3.89. The highest BCUT2D eigenvalue weighted by atomic mass is 19.1. The van der Waals surface area contributed by atoms with Gasteiger partial charge in [0.1, 0.15) is 19.0 Å². The van der Waals surface area contributed by atoms with E-state index in [1.807, 2.05) is 78.9 Å². The lowest BCUT2D eigenvalue weighted by Crippen LogP contribution is -2.10. The van der Waals surface area contributed by atoms with E-state index in [0.717, 1.165) is 16.7 Å². The minimum Gasteiger partial charge on any atom is -0.485 e. The molecule has 0 spiro atoms. The highest BCUT2D eigenvalue weighted by Crippen LogP contribution is 2.37. The summed E-state index contributed by atoms with van der Waals surface area (Å²) in [5.74, 6) is 0.438. The summed E-state index contributed by atoms with van der Waals surface area (Å²) in [6.45, 7) is 4.70. The molecule has 0 aliphatic heterocycles. The van der Waals surface area contributed by atoms with Crippen LogP contribution < -0.4 is 9.47 Å². The third-order valence-corrected chi connectivity index (χ3v) is 5.63. The zero-order valence-electron chi connectivity index (χ0n) is 18.8. The summed E-state index contributed by atoms with van der Waals surface area (Å²) in [6, 6.07) is 31.3. The van der Waals surface area contributed by atoms with Crippen molar-refractivity contribution in [3.63, 3.8) is 0 Å². The maximum Gasteiger partial charge on any atom is 0.161 e. The van der Waals surface area contributed by atoms with Crippen LogP contribution in [0.15, 0.2) is 116 Å². The molecule has 0 radical (unpaired) electrons. The maximum atomic E-state index is 13.3. The van der Waals surface area contributed by atoms with Gasteiger partial charge in [0.15, 0.2) is 11.5 Å². The molecule has 0 aliphatic rings. The molecule has 0 bridgehead atoms. The Morgan fingerprint density at radius 1 is 0.706 bits per heavy atom. The first-order valence-electron chi connectivity index (χ1n) is 11.2. The molecule has 34 heavy (non-hydrogen) atoms. The highest BCUT2D eigenvalue weighted by molar-refractivity contribution is 5.46. The molecule has 4 aromatic carbocycles. The summed E-state index contributed by atoms with van der Waals surface area (Å²) in [5.41, 5.74) is 3.52. The first-order valence-corrected chi connectivity index (χ1v) is 11.2. The van der Waals surface area contributed by atoms with Crippen LogP contribution in [0.1, 0.15) is 34.3 Å². The Kier molecular flexibility index (Phi) is 7.74. The maximum absolute atomic E-state index is 13.3. The van der Waals surface area contributed by atoms with Gasteiger partial charge in [-0.05, 0) is 46.5 Å². The minimum absolute atomic E-state index is 0.345. The molecule has 0 saturated carbocycles. The molecule has 0 fully saturated rings. The number of hydrogen-bond acceptors (Lipinski definition) is 3. The van der Waals surface area contributed by atoms with Crippen LogP contribution in [0.3, 0.4) is 0 Å². The van der Waals surface area contributed by atoms with Crippen molar-refractivity contribution in [1.82, 2.24) is 0 Å². The summed E-state index contributed by atoms with van der Waals surface area (Å²) in [6.07, 6.45) is 0.811. The summed E-state index contributed by atoms with van der Waals surface area (Å²) in [7, 11) is 0. The van der Waals surface area contributed by atoms with Crippen LogP contribution in [-0.2, 0) is 13.2 Å². The molecular formula is C30H27FO3. The van der Waals surface area contributed by atoms with Crippen molar-refractivity contribution in [2.75, 3.05) is 0 Å². The molecule has 1 N–H and O–H groups in total. The van der Waals surface area contributed by atoms with E-state index in [-0.39, 0.29) is 5.82 Å². The second-order valence-electron chi connectivity index (χ2n) is 8.01. The Morgan fingerprint density at radius 3 is 1.79 bits per heavy atom. The molecule has 4 aromatic rings. The average Bonchev–Trinajstić information content (AvgIpc) is 2.89. The van der Waals surface area contributed by atoms with Crippen molar-refractivity contribution in [3.8, 4) is 11.5 Å². The summed E-state index contributed by atoms with van der Waals surface area (Å²) >= 11 is 0. The second-order valence-corrected chi connectivity index (χ2v) is 8.01. The summed E-state index contributed by atoms with van der Waals surface area (Å²) in [4.78, 5) is 0. The molecule has 4 heteroatoms. The van der Waals surface area contributed by atoms with Gasteiger partial charge in [-0.2, -0.15) is 0 Å². The number of hydrogen-bond donors (Lipinski definition) is 1. The van der Waals surface area contributed by atoms with E-state index >= 15 is 0 Å². The monoisotopic (exact) mass is 454 g/mol. The van der Waals surface area contributed by atoms with E-state index in [2.05, 4.69) is 6.58 Å². The summed E-state index contributed by atoms with van der Waals surface area (Å²) < 4.78 is 25.6. The van der Waals surface area contributed by atoms with Crippen LogP contribution in [0, 0.1) is 5.82 Å². The van der Waals surface area contributed by atoms with Gasteiger partial charge in [0.25, 0.3) is 0 Å². The number of benzene rings is 4. The standard InChI is InChI=1S/C30H27FO3/c1-2-27(30(32)24-13-16-26(31)17-14-24)25-15-18-28(33-20-22-9-5-3-6-10-22)29(19-25)34-21-23-11-7-4-8-12-23/h2-19,27,30,32H,1,20-21H2/t27-,30-/m1/s1. The zero-order chi connectivity index (χ0) is 23.8. The lowest BCUT2D eigenvalue weighted by Gasteiger charge is -2.22. The molecule has 4 rings (SSSR count). The molecular weight excluding hydrogens is 427 g/mol. The first-order chi connectivity index (χ1) is 16.6. The molecule has 2 atom stereocenters. The average molecular weight is 455 g/mol. The Labute approximate surface area is 199 Å². The minimum atomic E-state index is -0.879. The van der Waals surface area contributed by atoms with Crippen LogP contribution in [0.25, 0.3) is 0 Å². The molecule has 0 amide bonds. The number of ether oxygens (including phenoxy) is 2. The summed E-state index contributed by atoms with van der Waals surface area (Å²) in [5, 5.41) is 11.0. The number of halogens is 1. The smallest absolute Gasteiger partial charge is 0.161 e. The van der Waals surface area contributed by atoms with Crippen molar-refractivity contribution >= 4 is 0 Å². The SMILES string of the molecule is C=C[C@H](c1ccc(OCc2ccccc2)c(OCc2ccccc2)c1)[C@H](O)c1ccc(F)cc1. The van der Waals surface area contributed by atoms with Crippen molar-refractivity contribution in [3.05, 3.63) is 144 Å². The lowest BCUT2D eigenvalue weighted by atomic mass is 9.89. The van der Waals surface area contributed by atoms with Gasteiger partial charge < -0.3 is 14.6 Å². The van der Waals surface area contributed by atoms with E-state index in [1.165, 1.54) is 12.1 Å². The fourth-order valence-corrected chi connectivity index (χ4v) is 3.75. The van der Waals surface area contributed by atoms with Gasteiger partial charge in [-0.3, -0.25) is 0 Å². The van der Waals surface area contributed by atoms with Crippen molar-refractivity contribution in [2.24, 2.45) is 0 Å². The van der Waals surface area contributed by atoms with Gasteiger partial charge in [-0.15, -0.1) is 6.58 Å². The molecule has 0 saturated heterocycles. The molecule has 0 heterocycles. The lowest BCUT2D eigenvalue weighted by molar-refractivity contribution is 0.161. The number of aliphatic hydroxyl groups excluding tert-OH is 1. The van der Waals surface area contributed by atoms with Crippen LogP contribution in [-0.4, -0.2) is 5.11 Å². The van der Waals surface area contributed by atoms with E-state index < -0.39 is 12.0 Å². The van der Waals surface area contributed by atoms with E-state index in [1.54, 1.807) is 18.2 Å². The fourth-order valence-electron chi connectivity index (χ4n) is 3.75. The van der Waals surface area contributed by atoms with Crippen molar-refractivity contribution < 1.29 is 19.0 Å². The van der Waals surface area contributed by atoms with Crippen molar-refractivity contribution in [2.45, 2.75) is 25.2 Å². The van der Waals surface area contributed by atoms with Gasteiger partial charge >= 0.3 is 0 Å². The van der Waals surface area contributed by atoms with Crippen LogP contribution in [0.5, 0.6) is 11.5 Å². The topological polar surface area (TPSA) is 38.7 Å². The van der Waals surface area contributed by atoms with Crippen LogP contribution in [0.4, 0.5) is 4.39 Å². The number of aliphatic hydroxyl groups is 1. The third kappa shape index (κ3) is 5.91. The van der Waals surface area contributed by atoms with Gasteiger partial charge in [-0.1, -0.05) is 84.9 Å². The van der Waals surface area contributed by atoms with Crippen LogP contribution >= 0.6 is 0 Å². The Morgan fingerprint density at radius 2 is 1.24 bits per heavy atom. The van der Waals surface area contributed by atoms with Gasteiger partial charge in [0, 0.05) is 5.92 Å². The van der Waals surface area contributed by atoms with Gasteiger partial charge in [0.2, 0.25) is 0 Å². The Balaban J connectivity index is 1.60. The van der Waals surface area contributed by atoms with E-state index in [9.17, 15) is 9.50 Å². The predicted octanol–water partition coefficient (Wildman–Crippen LogP) is 6.99.